The number of carbonyl (C=O) groups is 1. The highest BCUT2D eigenvalue weighted by Crippen LogP contribution is 2.20. The van der Waals surface area contributed by atoms with Crippen LogP contribution in [0.2, 0.25) is 0 Å². The van der Waals surface area contributed by atoms with Crippen molar-refractivity contribution in [2.45, 2.75) is 45.8 Å². The molecule has 1 saturated heterocycles. The van der Waals surface area contributed by atoms with Gasteiger partial charge in [0, 0.05) is 25.0 Å². The number of nitrogens with zero attached hydrogens (tertiary/aromatic N) is 3. The second-order valence-electron chi connectivity index (χ2n) is 8.17. The van der Waals surface area contributed by atoms with Crippen LogP contribution < -0.4 is 10.1 Å². The van der Waals surface area contributed by atoms with E-state index in [0.717, 1.165) is 36.5 Å². The van der Waals surface area contributed by atoms with Crippen LogP contribution in [-0.4, -0.2) is 45.9 Å². The maximum absolute atomic E-state index is 12.9. The van der Waals surface area contributed by atoms with Gasteiger partial charge in [0.15, 0.2) is 0 Å². The number of fused-ring (bicyclic) bond motifs is 1. The predicted molar refractivity (Wildman–Crippen MR) is 118 cm³/mol. The van der Waals surface area contributed by atoms with Gasteiger partial charge in [0.25, 0.3) is 5.91 Å². The molecule has 1 aliphatic heterocycles. The van der Waals surface area contributed by atoms with Crippen LogP contribution in [0, 0.1) is 6.92 Å². The van der Waals surface area contributed by atoms with Crippen LogP contribution in [0.5, 0.6) is 5.75 Å². The number of ether oxygens (including phenoxy) is 1. The lowest BCUT2D eigenvalue weighted by molar-refractivity contribution is 0.0921. The molecule has 1 N–H and O–H groups in total. The third kappa shape index (κ3) is 4.82. The first-order chi connectivity index (χ1) is 14.6. The summed E-state index contributed by atoms with van der Waals surface area (Å²) in [5.41, 5.74) is 3.43. The molecule has 1 aromatic carbocycles. The van der Waals surface area contributed by atoms with Gasteiger partial charge in [0.2, 0.25) is 0 Å². The lowest BCUT2D eigenvalue weighted by atomic mass is 10.1. The SMILES string of the molecule is Cc1cccn2cc(COc3ccccc3C(=O)NC(C)CN3CCCCC3)nc12. The number of imidazole rings is 1. The van der Waals surface area contributed by atoms with Crippen LogP contribution >= 0.6 is 0 Å². The van der Waals surface area contributed by atoms with Gasteiger partial charge in [-0.05, 0) is 63.5 Å². The molecule has 1 aliphatic rings. The van der Waals surface area contributed by atoms with Crippen molar-refractivity contribution in [2.24, 2.45) is 0 Å². The first kappa shape index (κ1) is 20.4. The van der Waals surface area contributed by atoms with E-state index < -0.39 is 0 Å². The van der Waals surface area contributed by atoms with E-state index in [1.54, 1.807) is 0 Å². The fourth-order valence-corrected chi connectivity index (χ4v) is 4.08. The van der Waals surface area contributed by atoms with Crippen LogP contribution in [0.4, 0.5) is 0 Å². The van der Waals surface area contributed by atoms with Gasteiger partial charge in [0.05, 0.1) is 11.3 Å². The number of hydrogen-bond acceptors (Lipinski definition) is 4. The Morgan fingerprint density at radius 3 is 2.77 bits per heavy atom. The number of rotatable bonds is 7. The van der Waals surface area contributed by atoms with E-state index in [2.05, 4.69) is 22.1 Å². The molecule has 0 bridgehead atoms. The van der Waals surface area contributed by atoms with Crippen molar-refractivity contribution in [3.8, 4) is 5.75 Å². The van der Waals surface area contributed by atoms with Gasteiger partial charge in [-0.25, -0.2) is 4.98 Å². The number of pyridine rings is 1. The molecule has 1 unspecified atom stereocenters. The molecule has 4 rings (SSSR count). The van der Waals surface area contributed by atoms with E-state index in [4.69, 9.17) is 4.74 Å². The number of para-hydroxylation sites is 1. The quantitative estimate of drug-likeness (QED) is 0.648. The number of aryl methyl sites for hydroxylation is 1. The minimum Gasteiger partial charge on any atom is -0.486 e. The van der Waals surface area contributed by atoms with Crippen molar-refractivity contribution in [1.29, 1.82) is 0 Å². The molecule has 6 heteroatoms. The second-order valence-corrected chi connectivity index (χ2v) is 8.17. The minimum absolute atomic E-state index is 0.0880. The number of piperidine rings is 1. The summed E-state index contributed by atoms with van der Waals surface area (Å²) in [7, 11) is 0. The maximum Gasteiger partial charge on any atom is 0.255 e. The van der Waals surface area contributed by atoms with Crippen LogP contribution in [0.25, 0.3) is 5.65 Å². The second kappa shape index (κ2) is 9.30. The number of likely N-dealkylation sites (tertiary alicyclic amines) is 1. The van der Waals surface area contributed by atoms with E-state index >= 15 is 0 Å². The molecule has 6 nitrogen and oxygen atoms in total. The van der Waals surface area contributed by atoms with E-state index in [1.807, 2.05) is 60.1 Å². The monoisotopic (exact) mass is 406 g/mol. The maximum atomic E-state index is 12.9. The highest BCUT2D eigenvalue weighted by molar-refractivity contribution is 5.97. The Morgan fingerprint density at radius 2 is 1.97 bits per heavy atom. The molecule has 1 atom stereocenters. The van der Waals surface area contributed by atoms with Crippen molar-refractivity contribution in [2.75, 3.05) is 19.6 Å². The summed E-state index contributed by atoms with van der Waals surface area (Å²) in [6.07, 6.45) is 7.75. The standard InChI is InChI=1S/C24H30N4O2/c1-18-9-8-14-28-16-20(26-23(18)28)17-30-22-11-5-4-10-21(22)24(29)25-19(2)15-27-12-6-3-7-13-27/h4-5,8-11,14,16,19H,3,6-7,12-13,15,17H2,1-2H3,(H,25,29). The van der Waals surface area contributed by atoms with Crippen LogP contribution in [0.15, 0.2) is 48.8 Å². The molecule has 2 aromatic heterocycles. The lowest BCUT2D eigenvalue weighted by Gasteiger charge is -2.29. The summed E-state index contributed by atoms with van der Waals surface area (Å²) < 4.78 is 7.99. The van der Waals surface area contributed by atoms with E-state index in [-0.39, 0.29) is 11.9 Å². The lowest BCUT2D eigenvalue weighted by Crippen LogP contribution is -2.43. The first-order valence-electron chi connectivity index (χ1n) is 10.8. The summed E-state index contributed by atoms with van der Waals surface area (Å²) in [6.45, 7) is 7.55. The molecule has 0 saturated carbocycles. The smallest absolute Gasteiger partial charge is 0.255 e. The summed E-state index contributed by atoms with van der Waals surface area (Å²) >= 11 is 0. The van der Waals surface area contributed by atoms with Gasteiger partial charge in [-0.3, -0.25) is 4.79 Å². The molecule has 0 aliphatic carbocycles. The Hall–Kier alpha value is -2.86. The Morgan fingerprint density at radius 1 is 1.17 bits per heavy atom. The Balaban J connectivity index is 1.39. The summed E-state index contributed by atoms with van der Waals surface area (Å²) in [5.74, 6) is 0.481. The molecular formula is C24H30N4O2. The molecule has 1 amide bonds. The first-order valence-corrected chi connectivity index (χ1v) is 10.8. The van der Waals surface area contributed by atoms with Gasteiger partial charge in [0.1, 0.15) is 18.0 Å². The van der Waals surface area contributed by atoms with Gasteiger partial charge in [-0.2, -0.15) is 0 Å². The molecule has 0 radical (unpaired) electrons. The largest absolute Gasteiger partial charge is 0.486 e. The van der Waals surface area contributed by atoms with Crippen molar-refractivity contribution in [3.05, 3.63) is 65.6 Å². The number of hydrogen-bond donors (Lipinski definition) is 1. The van der Waals surface area contributed by atoms with Crippen LogP contribution in [-0.2, 0) is 6.61 Å². The number of benzene rings is 1. The number of amides is 1. The zero-order valence-electron chi connectivity index (χ0n) is 17.8. The van der Waals surface area contributed by atoms with Crippen molar-refractivity contribution in [1.82, 2.24) is 19.6 Å². The zero-order valence-corrected chi connectivity index (χ0v) is 17.8. The fourth-order valence-electron chi connectivity index (χ4n) is 4.08. The number of aromatic nitrogens is 2. The summed E-state index contributed by atoms with van der Waals surface area (Å²) in [4.78, 5) is 20.0. The average molecular weight is 407 g/mol. The van der Waals surface area contributed by atoms with Crippen LogP contribution in [0.3, 0.4) is 0 Å². The van der Waals surface area contributed by atoms with Crippen molar-refractivity contribution in [3.63, 3.8) is 0 Å². The number of carbonyl (C=O) groups excluding carboxylic acids is 1. The topological polar surface area (TPSA) is 58.9 Å². The van der Waals surface area contributed by atoms with E-state index in [1.165, 1.54) is 19.3 Å². The minimum atomic E-state index is -0.0963. The van der Waals surface area contributed by atoms with Gasteiger partial charge >= 0.3 is 0 Å². The third-order valence-corrected chi connectivity index (χ3v) is 5.59. The number of nitrogens with one attached hydrogen (secondary N) is 1. The van der Waals surface area contributed by atoms with Crippen molar-refractivity contribution >= 4 is 11.6 Å². The van der Waals surface area contributed by atoms with Gasteiger partial charge in [-0.15, -0.1) is 0 Å². The Kier molecular flexibility index (Phi) is 6.33. The molecule has 0 spiro atoms. The van der Waals surface area contributed by atoms with Gasteiger partial charge in [-0.1, -0.05) is 24.6 Å². The highest BCUT2D eigenvalue weighted by atomic mass is 16.5. The molecule has 1 fully saturated rings. The molecular weight excluding hydrogens is 376 g/mol. The molecule has 30 heavy (non-hydrogen) atoms. The van der Waals surface area contributed by atoms with E-state index in [9.17, 15) is 4.79 Å². The average Bonchev–Trinajstić information content (AvgIpc) is 3.18. The predicted octanol–water partition coefficient (Wildman–Crippen LogP) is 3.83. The molecule has 3 aromatic rings. The highest BCUT2D eigenvalue weighted by Gasteiger charge is 2.18. The molecule has 158 valence electrons. The Labute approximate surface area is 177 Å². The van der Waals surface area contributed by atoms with E-state index in [0.29, 0.717) is 17.9 Å². The normalized spacial score (nSPS) is 15.8. The third-order valence-electron chi connectivity index (χ3n) is 5.59. The summed E-state index contributed by atoms with van der Waals surface area (Å²) in [6, 6.07) is 11.5. The fraction of sp³-hybridized carbons (Fsp3) is 0.417. The Bertz CT molecular complexity index is 1010. The van der Waals surface area contributed by atoms with Gasteiger partial charge < -0.3 is 19.4 Å². The van der Waals surface area contributed by atoms with Crippen LogP contribution in [0.1, 0.15) is 47.8 Å². The van der Waals surface area contributed by atoms with Crippen molar-refractivity contribution < 1.29 is 9.53 Å². The molecule has 3 heterocycles. The zero-order chi connectivity index (χ0) is 20.9. The summed E-state index contributed by atoms with van der Waals surface area (Å²) in [5, 5.41) is 3.13.